The third-order valence-corrected chi connectivity index (χ3v) is 4.28. The summed E-state index contributed by atoms with van der Waals surface area (Å²) in [6.07, 6.45) is 0. The molecule has 0 atom stereocenters. The summed E-state index contributed by atoms with van der Waals surface area (Å²) in [4.78, 5) is 12.2. The molecule has 0 radical (unpaired) electrons. The van der Waals surface area contributed by atoms with Gasteiger partial charge in [-0.2, -0.15) is 0 Å². The summed E-state index contributed by atoms with van der Waals surface area (Å²) in [7, 11) is 0. The van der Waals surface area contributed by atoms with E-state index in [4.69, 9.17) is 22.7 Å². The van der Waals surface area contributed by atoms with Crippen molar-refractivity contribution in [2.75, 3.05) is 12.3 Å². The average molecular weight is 308 g/mol. The van der Waals surface area contributed by atoms with Crippen molar-refractivity contribution in [2.24, 2.45) is 0 Å². The Bertz CT molecular complexity index is 716. The zero-order valence-corrected chi connectivity index (χ0v) is 13.2. The van der Waals surface area contributed by atoms with Gasteiger partial charge in [0, 0.05) is 0 Å². The number of rotatable bonds is 3. The largest absolute Gasteiger partial charge is 0.462 e. The van der Waals surface area contributed by atoms with Crippen LogP contribution in [0.25, 0.3) is 5.69 Å². The van der Waals surface area contributed by atoms with Crippen LogP contribution in [0.3, 0.4) is 0 Å². The van der Waals surface area contributed by atoms with E-state index in [1.54, 1.807) is 11.5 Å². The van der Waals surface area contributed by atoms with Crippen LogP contribution in [-0.2, 0) is 4.74 Å². The second-order valence-electron chi connectivity index (χ2n) is 4.43. The first-order valence-electron chi connectivity index (χ1n) is 6.21. The number of aromatic nitrogens is 1. The molecule has 2 rings (SSSR count). The first-order valence-corrected chi connectivity index (χ1v) is 7.44. The van der Waals surface area contributed by atoms with Gasteiger partial charge in [0.25, 0.3) is 0 Å². The molecule has 0 aliphatic carbocycles. The molecule has 0 unspecified atom stereocenters. The molecule has 2 aromatic rings. The van der Waals surface area contributed by atoms with E-state index in [2.05, 4.69) is 0 Å². The smallest absolute Gasteiger partial charge is 0.352 e. The van der Waals surface area contributed by atoms with E-state index in [0.717, 1.165) is 16.8 Å². The van der Waals surface area contributed by atoms with E-state index in [1.165, 1.54) is 11.3 Å². The predicted molar refractivity (Wildman–Crippen MR) is 84.3 cm³/mol. The summed E-state index contributed by atoms with van der Waals surface area (Å²) in [5.41, 5.74) is 9.15. The highest BCUT2D eigenvalue weighted by Gasteiger charge is 2.19. The van der Waals surface area contributed by atoms with Crippen LogP contribution >= 0.6 is 23.6 Å². The van der Waals surface area contributed by atoms with E-state index in [9.17, 15) is 4.79 Å². The summed E-state index contributed by atoms with van der Waals surface area (Å²) in [6.45, 7) is 6.06. The highest BCUT2D eigenvalue weighted by atomic mass is 32.1. The summed E-state index contributed by atoms with van der Waals surface area (Å²) >= 11 is 6.52. The second kappa shape index (κ2) is 5.76. The third kappa shape index (κ3) is 2.62. The molecular formula is C14H16N2O2S2. The molecule has 1 heterocycles. The molecule has 0 fully saturated rings. The van der Waals surface area contributed by atoms with E-state index >= 15 is 0 Å². The third-order valence-electron chi connectivity index (χ3n) is 2.91. The maximum absolute atomic E-state index is 11.9. The molecule has 1 aromatic heterocycles. The zero-order chi connectivity index (χ0) is 14.9. The van der Waals surface area contributed by atoms with Crippen LogP contribution in [0, 0.1) is 17.8 Å². The number of esters is 1. The standard InChI is InChI=1S/C14H16N2O2S2/c1-4-18-13(17)11-12(15)16(14(19)20-11)10-7-8(2)5-6-9(10)3/h5-7H,4,15H2,1-3H3. The quantitative estimate of drug-likeness (QED) is 0.694. The van der Waals surface area contributed by atoms with Crippen LogP contribution in [0.15, 0.2) is 18.2 Å². The lowest BCUT2D eigenvalue weighted by Gasteiger charge is -2.10. The molecule has 20 heavy (non-hydrogen) atoms. The van der Waals surface area contributed by atoms with Crippen molar-refractivity contribution >= 4 is 35.3 Å². The Morgan fingerprint density at radius 2 is 2.15 bits per heavy atom. The number of anilines is 1. The van der Waals surface area contributed by atoms with Crippen LogP contribution in [0.1, 0.15) is 27.7 Å². The number of hydrogen-bond donors (Lipinski definition) is 1. The lowest BCUT2D eigenvalue weighted by molar-refractivity contribution is 0.0533. The Morgan fingerprint density at radius 1 is 1.45 bits per heavy atom. The van der Waals surface area contributed by atoms with Gasteiger partial charge in [0.15, 0.2) is 8.83 Å². The van der Waals surface area contributed by atoms with Gasteiger partial charge in [-0.05, 0) is 50.2 Å². The maximum atomic E-state index is 11.9. The lowest BCUT2D eigenvalue weighted by atomic mass is 10.1. The molecule has 0 spiro atoms. The van der Waals surface area contributed by atoms with Crippen molar-refractivity contribution in [3.05, 3.63) is 38.2 Å². The van der Waals surface area contributed by atoms with Gasteiger partial charge in [-0.15, -0.1) is 0 Å². The van der Waals surface area contributed by atoms with Gasteiger partial charge < -0.3 is 10.5 Å². The lowest BCUT2D eigenvalue weighted by Crippen LogP contribution is -2.09. The van der Waals surface area contributed by atoms with Crippen LogP contribution in [0.5, 0.6) is 0 Å². The fraction of sp³-hybridized carbons (Fsp3) is 0.286. The molecule has 0 saturated carbocycles. The van der Waals surface area contributed by atoms with Crippen LogP contribution in [-0.4, -0.2) is 17.1 Å². The summed E-state index contributed by atoms with van der Waals surface area (Å²) in [6, 6.07) is 6.04. The Hall–Kier alpha value is -1.66. The predicted octanol–water partition coefficient (Wildman–Crippen LogP) is 3.64. The van der Waals surface area contributed by atoms with Crippen LogP contribution in [0.4, 0.5) is 5.82 Å². The van der Waals surface area contributed by atoms with Gasteiger partial charge in [-0.25, -0.2) is 4.79 Å². The minimum Gasteiger partial charge on any atom is -0.462 e. The Morgan fingerprint density at radius 3 is 2.80 bits per heavy atom. The molecule has 2 N–H and O–H groups in total. The van der Waals surface area contributed by atoms with E-state index in [-0.39, 0.29) is 0 Å². The van der Waals surface area contributed by atoms with Crippen molar-refractivity contribution in [3.63, 3.8) is 0 Å². The molecule has 0 aliphatic heterocycles. The number of aryl methyl sites for hydroxylation is 2. The van der Waals surface area contributed by atoms with Crippen LogP contribution in [0.2, 0.25) is 0 Å². The highest BCUT2D eigenvalue weighted by molar-refractivity contribution is 7.73. The number of carbonyl (C=O) groups is 1. The highest BCUT2D eigenvalue weighted by Crippen LogP contribution is 2.28. The van der Waals surface area contributed by atoms with Crippen molar-refractivity contribution in [2.45, 2.75) is 20.8 Å². The number of hydrogen-bond acceptors (Lipinski definition) is 5. The number of carbonyl (C=O) groups excluding carboxylic acids is 1. The molecule has 0 bridgehead atoms. The van der Waals surface area contributed by atoms with Crippen molar-refractivity contribution in [3.8, 4) is 5.69 Å². The molecule has 6 heteroatoms. The molecular weight excluding hydrogens is 292 g/mol. The molecule has 1 aromatic carbocycles. The summed E-state index contributed by atoms with van der Waals surface area (Å²) in [5.74, 6) is -0.0858. The van der Waals surface area contributed by atoms with Crippen molar-refractivity contribution in [1.82, 2.24) is 4.57 Å². The molecule has 4 nitrogen and oxygen atoms in total. The van der Waals surface area contributed by atoms with E-state index in [0.29, 0.717) is 21.3 Å². The fourth-order valence-electron chi connectivity index (χ4n) is 1.92. The maximum Gasteiger partial charge on any atom is 0.352 e. The van der Waals surface area contributed by atoms with E-state index < -0.39 is 5.97 Å². The number of benzene rings is 1. The number of nitrogen functional groups attached to an aromatic ring is 1. The van der Waals surface area contributed by atoms with Crippen LogP contribution < -0.4 is 5.73 Å². The van der Waals surface area contributed by atoms with E-state index in [1.807, 2.05) is 32.0 Å². The first-order chi connectivity index (χ1) is 9.45. The second-order valence-corrected chi connectivity index (χ2v) is 6.07. The summed E-state index contributed by atoms with van der Waals surface area (Å²) in [5, 5.41) is 0. The van der Waals surface area contributed by atoms with Gasteiger partial charge in [0.2, 0.25) is 0 Å². The zero-order valence-electron chi connectivity index (χ0n) is 11.6. The summed E-state index contributed by atoms with van der Waals surface area (Å²) < 4.78 is 7.27. The Labute approximate surface area is 126 Å². The van der Waals surface area contributed by atoms with Crippen molar-refractivity contribution in [1.29, 1.82) is 0 Å². The SMILES string of the molecule is CCOC(=O)c1sc(=S)n(-c2cc(C)ccc2C)c1N. The number of nitrogens with zero attached hydrogens (tertiary/aromatic N) is 1. The monoisotopic (exact) mass is 308 g/mol. The van der Waals surface area contributed by atoms with Crippen molar-refractivity contribution < 1.29 is 9.53 Å². The first kappa shape index (κ1) is 14.7. The Balaban J connectivity index is 2.61. The minimum atomic E-state index is -0.426. The number of thiazole rings is 1. The molecule has 106 valence electrons. The molecule has 0 amide bonds. The van der Waals surface area contributed by atoms with Gasteiger partial charge in [0.05, 0.1) is 12.3 Å². The topological polar surface area (TPSA) is 57.2 Å². The fourth-order valence-corrected chi connectivity index (χ4v) is 3.16. The number of nitrogens with two attached hydrogens (primary N) is 1. The normalized spacial score (nSPS) is 10.6. The molecule has 0 aliphatic rings. The molecule has 0 saturated heterocycles. The van der Waals surface area contributed by atoms with Gasteiger partial charge in [-0.3, -0.25) is 4.57 Å². The average Bonchev–Trinajstić information content (AvgIpc) is 2.68. The van der Waals surface area contributed by atoms with Gasteiger partial charge >= 0.3 is 5.97 Å². The van der Waals surface area contributed by atoms with Gasteiger partial charge in [0.1, 0.15) is 5.82 Å². The minimum absolute atomic E-state index is 0.312. The van der Waals surface area contributed by atoms with Gasteiger partial charge in [-0.1, -0.05) is 23.5 Å². The Kier molecular flexibility index (Phi) is 4.25. The number of ether oxygens (including phenoxy) is 1.